The molecule has 0 spiro atoms. The lowest BCUT2D eigenvalue weighted by Crippen LogP contribution is -2.08. The molecule has 0 radical (unpaired) electrons. The number of hydrogen-bond donors (Lipinski definition) is 1. The van der Waals surface area contributed by atoms with Crippen LogP contribution in [0.2, 0.25) is 0 Å². The summed E-state index contributed by atoms with van der Waals surface area (Å²) in [6, 6.07) is 3.94. The normalized spacial score (nSPS) is 15.2. The molecule has 0 aromatic carbocycles. The van der Waals surface area contributed by atoms with Crippen LogP contribution in [0.1, 0.15) is 5.69 Å². The number of fused-ring (bicyclic) bond motifs is 1. The van der Waals surface area contributed by atoms with Crippen molar-refractivity contribution in [1.82, 2.24) is 4.57 Å². The summed E-state index contributed by atoms with van der Waals surface area (Å²) in [6.07, 6.45) is 3.73. The van der Waals surface area contributed by atoms with Crippen LogP contribution in [0.3, 0.4) is 0 Å². The van der Waals surface area contributed by atoms with E-state index in [0.717, 1.165) is 5.69 Å². The summed E-state index contributed by atoms with van der Waals surface area (Å²) in [7, 11) is 0. The van der Waals surface area contributed by atoms with E-state index >= 15 is 0 Å². The van der Waals surface area contributed by atoms with E-state index in [9.17, 15) is 0 Å². The summed E-state index contributed by atoms with van der Waals surface area (Å²) >= 11 is 0. The average molecular weight is 151 g/mol. The number of aromatic nitrogens is 1. The fourth-order valence-corrected chi connectivity index (χ4v) is 1.12. The van der Waals surface area contributed by atoms with Gasteiger partial charge in [0.2, 0.25) is 0 Å². The van der Waals surface area contributed by atoms with Crippen molar-refractivity contribution in [2.24, 2.45) is 0 Å². The maximum Gasteiger partial charge on any atom is 0.138 e. The second-order valence-corrected chi connectivity index (χ2v) is 2.45. The first kappa shape index (κ1) is 6.49. The molecule has 0 bridgehead atoms. The fraction of sp³-hybridized carbons (Fsp3) is 0.250. The van der Waals surface area contributed by atoms with E-state index in [2.05, 4.69) is 0 Å². The van der Waals surface area contributed by atoms with Gasteiger partial charge in [-0.25, -0.2) is 0 Å². The smallest absolute Gasteiger partial charge is 0.138 e. The molecule has 1 N–H and O–H groups in total. The monoisotopic (exact) mass is 151 g/mol. The SMILES string of the molecule is OCC1=Cn2cccc2CO1. The molecule has 0 saturated carbocycles. The largest absolute Gasteiger partial charge is 0.488 e. The highest BCUT2D eigenvalue weighted by atomic mass is 16.5. The topological polar surface area (TPSA) is 34.4 Å². The standard InChI is InChI=1S/C8H9NO2/c10-5-8-4-9-3-1-2-7(9)6-11-8/h1-4,10H,5-6H2. The van der Waals surface area contributed by atoms with Gasteiger partial charge in [0.1, 0.15) is 19.0 Å². The predicted octanol–water partition coefficient (Wildman–Crippen LogP) is 0.809. The molecule has 3 heteroatoms. The van der Waals surface area contributed by atoms with Gasteiger partial charge in [0.15, 0.2) is 0 Å². The molecule has 0 saturated heterocycles. The Kier molecular flexibility index (Phi) is 1.43. The van der Waals surface area contributed by atoms with Crippen molar-refractivity contribution in [2.75, 3.05) is 6.61 Å². The van der Waals surface area contributed by atoms with Crippen LogP contribution in [0.15, 0.2) is 24.1 Å². The van der Waals surface area contributed by atoms with Crippen LogP contribution in [-0.2, 0) is 11.3 Å². The predicted molar refractivity (Wildman–Crippen MR) is 40.6 cm³/mol. The molecule has 3 nitrogen and oxygen atoms in total. The Morgan fingerprint density at radius 2 is 2.55 bits per heavy atom. The van der Waals surface area contributed by atoms with Crippen LogP contribution in [0.5, 0.6) is 0 Å². The minimum absolute atomic E-state index is 0.0301. The number of aliphatic hydroxyl groups is 1. The van der Waals surface area contributed by atoms with Crippen LogP contribution < -0.4 is 0 Å². The third kappa shape index (κ3) is 1.03. The quantitative estimate of drug-likeness (QED) is 0.644. The first-order valence-corrected chi connectivity index (χ1v) is 3.50. The highest BCUT2D eigenvalue weighted by Crippen LogP contribution is 2.14. The van der Waals surface area contributed by atoms with Crippen molar-refractivity contribution in [3.05, 3.63) is 29.8 Å². The van der Waals surface area contributed by atoms with Gasteiger partial charge >= 0.3 is 0 Å². The van der Waals surface area contributed by atoms with Crippen molar-refractivity contribution >= 4 is 6.20 Å². The van der Waals surface area contributed by atoms with Crippen molar-refractivity contribution < 1.29 is 9.84 Å². The zero-order chi connectivity index (χ0) is 7.68. The van der Waals surface area contributed by atoms with E-state index in [-0.39, 0.29) is 6.61 Å². The molecule has 2 rings (SSSR count). The van der Waals surface area contributed by atoms with Gasteiger partial charge in [-0.3, -0.25) is 0 Å². The van der Waals surface area contributed by atoms with Crippen LogP contribution in [0, 0.1) is 0 Å². The van der Waals surface area contributed by atoms with Crippen LogP contribution >= 0.6 is 0 Å². The van der Waals surface area contributed by atoms with Gasteiger partial charge < -0.3 is 14.4 Å². The molecule has 1 aliphatic heterocycles. The highest BCUT2D eigenvalue weighted by Gasteiger charge is 2.07. The van der Waals surface area contributed by atoms with Crippen molar-refractivity contribution in [3.8, 4) is 0 Å². The first-order chi connectivity index (χ1) is 5.40. The molecule has 1 aromatic rings. The van der Waals surface area contributed by atoms with Gasteiger partial charge in [-0.1, -0.05) is 0 Å². The molecule has 0 aliphatic carbocycles. The van der Waals surface area contributed by atoms with E-state index in [0.29, 0.717) is 12.4 Å². The summed E-state index contributed by atoms with van der Waals surface area (Å²) in [6.45, 7) is 0.525. The molecule has 0 amide bonds. The Bertz CT molecular complexity index is 288. The number of rotatable bonds is 1. The van der Waals surface area contributed by atoms with Gasteiger partial charge in [-0.2, -0.15) is 0 Å². The molecule has 0 fully saturated rings. The molecular weight excluding hydrogens is 142 g/mol. The summed E-state index contributed by atoms with van der Waals surface area (Å²) in [5.74, 6) is 0.619. The minimum Gasteiger partial charge on any atom is -0.488 e. The van der Waals surface area contributed by atoms with Gasteiger partial charge in [0.05, 0.1) is 5.69 Å². The highest BCUT2D eigenvalue weighted by molar-refractivity contribution is 5.34. The van der Waals surface area contributed by atoms with E-state index in [4.69, 9.17) is 9.84 Å². The Morgan fingerprint density at radius 1 is 1.64 bits per heavy atom. The summed E-state index contributed by atoms with van der Waals surface area (Å²) < 4.78 is 7.16. The molecule has 1 aliphatic rings. The lowest BCUT2D eigenvalue weighted by atomic mass is 10.4. The third-order valence-corrected chi connectivity index (χ3v) is 1.71. The molecule has 11 heavy (non-hydrogen) atoms. The average Bonchev–Trinajstić information content (AvgIpc) is 2.50. The lowest BCUT2D eigenvalue weighted by Gasteiger charge is -2.15. The molecule has 1 aromatic heterocycles. The molecule has 0 unspecified atom stereocenters. The van der Waals surface area contributed by atoms with Gasteiger partial charge in [0, 0.05) is 12.4 Å². The summed E-state index contributed by atoms with van der Waals surface area (Å²) in [4.78, 5) is 0. The van der Waals surface area contributed by atoms with Crippen LogP contribution in [0.25, 0.3) is 6.20 Å². The van der Waals surface area contributed by atoms with Gasteiger partial charge in [-0.15, -0.1) is 0 Å². The van der Waals surface area contributed by atoms with E-state index in [1.54, 1.807) is 6.20 Å². The maximum atomic E-state index is 8.75. The van der Waals surface area contributed by atoms with E-state index in [1.165, 1.54) is 0 Å². The Balaban J connectivity index is 2.37. The molecular formula is C8H9NO2. The summed E-state index contributed by atoms with van der Waals surface area (Å²) in [5.41, 5.74) is 1.11. The van der Waals surface area contributed by atoms with E-state index < -0.39 is 0 Å². The number of ether oxygens (including phenoxy) is 1. The second kappa shape index (κ2) is 2.43. The molecule has 2 heterocycles. The zero-order valence-electron chi connectivity index (χ0n) is 6.03. The van der Waals surface area contributed by atoms with E-state index in [1.807, 2.05) is 22.9 Å². The van der Waals surface area contributed by atoms with Gasteiger partial charge in [0.25, 0.3) is 0 Å². The third-order valence-electron chi connectivity index (χ3n) is 1.71. The van der Waals surface area contributed by atoms with Crippen LogP contribution in [-0.4, -0.2) is 16.3 Å². The summed E-state index contributed by atoms with van der Waals surface area (Å²) in [5, 5.41) is 8.75. The lowest BCUT2D eigenvalue weighted by molar-refractivity contribution is 0.143. The number of aliphatic hydroxyl groups excluding tert-OH is 1. The Hall–Kier alpha value is -1.22. The number of nitrogens with zero attached hydrogens (tertiary/aromatic N) is 1. The molecule has 58 valence electrons. The van der Waals surface area contributed by atoms with Crippen LogP contribution in [0.4, 0.5) is 0 Å². The Labute approximate surface area is 64.5 Å². The number of hydrogen-bond acceptors (Lipinski definition) is 2. The van der Waals surface area contributed by atoms with Gasteiger partial charge in [-0.05, 0) is 12.1 Å². The van der Waals surface area contributed by atoms with Crippen molar-refractivity contribution in [3.63, 3.8) is 0 Å². The minimum atomic E-state index is -0.0301. The molecule has 0 atom stereocenters. The van der Waals surface area contributed by atoms with Crippen molar-refractivity contribution in [2.45, 2.75) is 6.61 Å². The Morgan fingerprint density at radius 3 is 3.36 bits per heavy atom. The first-order valence-electron chi connectivity index (χ1n) is 3.50. The maximum absolute atomic E-state index is 8.75. The fourth-order valence-electron chi connectivity index (χ4n) is 1.12. The van der Waals surface area contributed by atoms with Crippen molar-refractivity contribution in [1.29, 1.82) is 0 Å². The zero-order valence-corrected chi connectivity index (χ0v) is 6.03. The second-order valence-electron chi connectivity index (χ2n) is 2.45.